The van der Waals surface area contributed by atoms with Crippen LogP contribution in [0.4, 0.5) is 20.8 Å². The van der Waals surface area contributed by atoms with Crippen molar-refractivity contribution in [2.24, 2.45) is 0 Å². The zero-order chi connectivity index (χ0) is 23.3. The molecule has 0 spiro atoms. The molecule has 0 saturated carbocycles. The van der Waals surface area contributed by atoms with E-state index in [9.17, 15) is 27.5 Å². The molecule has 1 amide bonds. The molecule has 0 atom stereocenters. The standard InChI is InChI=1S/C17H19FN6O6S2/c18-11-7-10(24(32(28)29)15-14(16(26)27)21-9-31-15)1-2-12(11)22-13(25)8-20-17(19)23-3-5-30-6-4-23/h1-2,7,9,32H,3-6,8H2,(H2,19,20)(H,22,25)(H,26,27). The van der Waals surface area contributed by atoms with Crippen molar-refractivity contribution >= 4 is 56.4 Å². The van der Waals surface area contributed by atoms with Crippen LogP contribution in [0.5, 0.6) is 0 Å². The second-order valence-corrected chi connectivity index (χ2v) is 8.08. The molecule has 32 heavy (non-hydrogen) atoms. The van der Waals surface area contributed by atoms with Crippen LogP contribution in [0.3, 0.4) is 0 Å². The molecule has 0 bridgehead atoms. The summed E-state index contributed by atoms with van der Waals surface area (Å²) in [6.45, 7) is 1.72. The van der Waals surface area contributed by atoms with Gasteiger partial charge in [-0.25, -0.2) is 26.9 Å². The number of hydrogen-bond acceptors (Lipinski definition) is 8. The van der Waals surface area contributed by atoms with Crippen LogP contribution in [0.2, 0.25) is 0 Å². The van der Waals surface area contributed by atoms with Gasteiger partial charge in [0.25, 0.3) is 0 Å². The third kappa shape index (κ3) is 5.49. The molecule has 12 nitrogen and oxygen atoms in total. The monoisotopic (exact) mass is 486 g/mol. The molecule has 3 rings (SSSR count). The maximum absolute atomic E-state index is 14.6. The highest BCUT2D eigenvalue weighted by atomic mass is 32.2. The number of morpholine rings is 1. The molecule has 1 aliphatic heterocycles. The van der Waals surface area contributed by atoms with Gasteiger partial charge in [0, 0.05) is 19.2 Å². The molecule has 1 aromatic carbocycles. The Balaban J connectivity index is 1.68. The van der Waals surface area contributed by atoms with Gasteiger partial charge in [0.1, 0.15) is 10.8 Å². The quantitative estimate of drug-likeness (QED) is 0.212. The van der Waals surface area contributed by atoms with E-state index in [0.717, 1.165) is 29.0 Å². The molecule has 1 aromatic heterocycles. The minimum Gasteiger partial charge on any atom is -0.476 e. The number of carboxylic acid groups (broad SMARTS) is 1. The van der Waals surface area contributed by atoms with E-state index in [0.29, 0.717) is 30.6 Å². The van der Waals surface area contributed by atoms with Crippen LogP contribution in [0.15, 0.2) is 23.7 Å². The number of nitrogens with zero attached hydrogens (tertiary/aromatic N) is 3. The maximum Gasteiger partial charge on any atom is 0.357 e. The van der Waals surface area contributed by atoms with E-state index in [2.05, 4.69) is 15.6 Å². The number of thiol groups is 1. The molecule has 1 saturated heterocycles. The van der Waals surface area contributed by atoms with Gasteiger partial charge in [0.15, 0.2) is 11.7 Å². The number of ether oxygens (including phenoxy) is 1. The van der Waals surface area contributed by atoms with E-state index in [1.165, 1.54) is 6.07 Å². The summed E-state index contributed by atoms with van der Waals surface area (Å²) in [4.78, 5) is 28.7. The van der Waals surface area contributed by atoms with E-state index in [1.807, 2.05) is 0 Å². The van der Waals surface area contributed by atoms with Gasteiger partial charge in [0.05, 0.1) is 36.6 Å². The maximum atomic E-state index is 14.6. The first-order valence-corrected chi connectivity index (χ1v) is 11.1. The fourth-order valence-corrected chi connectivity index (χ4v) is 4.43. The normalized spacial score (nSPS) is 13.6. The average molecular weight is 487 g/mol. The SMILES string of the molecule is N=C(NCC(=O)Nc1ccc(N(c2scnc2C(=O)O)[SH](=O)=O)cc1F)N1CCOCC1. The predicted molar refractivity (Wildman–Crippen MR) is 115 cm³/mol. The number of carbonyl (C=O) groups excluding carboxylic acids is 1. The third-order valence-corrected chi connectivity index (χ3v) is 6.02. The predicted octanol–water partition coefficient (Wildman–Crippen LogP) is 0.440. The van der Waals surface area contributed by atoms with Gasteiger partial charge in [-0.05, 0) is 12.1 Å². The third-order valence-electron chi connectivity index (χ3n) is 4.32. The lowest BCUT2D eigenvalue weighted by Gasteiger charge is -2.29. The number of aromatic nitrogens is 1. The molecule has 15 heteroatoms. The molecule has 2 aromatic rings. The molecular weight excluding hydrogens is 467 g/mol. The molecule has 0 aliphatic carbocycles. The Kier molecular flexibility index (Phi) is 7.55. The summed E-state index contributed by atoms with van der Waals surface area (Å²) in [6.07, 6.45) is 0. The molecule has 1 aliphatic rings. The van der Waals surface area contributed by atoms with Gasteiger partial charge in [-0.2, -0.15) is 0 Å². The number of halogens is 1. The summed E-state index contributed by atoms with van der Waals surface area (Å²) in [5.41, 5.74) is 0.315. The average Bonchev–Trinajstić information content (AvgIpc) is 3.24. The highest BCUT2D eigenvalue weighted by molar-refractivity contribution is 7.74. The molecule has 0 radical (unpaired) electrons. The lowest BCUT2D eigenvalue weighted by Crippen LogP contribution is -2.48. The summed E-state index contributed by atoms with van der Waals surface area (Å²) in [7, 11) is -3.35. The number of hydrogen-bond donors (Lipinski definition) is 5. The van der Waals surface area contributed by atoms with Crippen molar-refractivity contribution in [3.8, 4) is 0 Å². The van der Waals surface area contributed by atoms with Gasteiger partial charge >= 0.3 is 5.97 Å². The lowest BCUT2D eigenvalue weighted by molar-refractivity contribution is -0.115. The number of carboxylic acids is 1. The van der Waals surface area contributed by atoms with Crippen LogP contribution in [0.25, 0.3) is 0 Å². The Hall–Kier alpha value is -3.30. The summed E-state index contributed by atoms with van der Waals surface area (Å²) in [5.74, 6) is -2.92. The van der Waals surface area contributed by atoms with E-state index >= 15 is 0 Å². The highest BCUT2D eigenvalue weighted by Gasteiger charge is 2.24. The molecule has 2 heterocycles. The van der Waals surface area contributed by atoms with Crippen molar-refractivity contribution in [3.63, 3.8) is 0 Å². The summed E-state index contributed by atoms with van der Waals surface area (Å²) in [6, 6.07) is 3.23. The number of anilines is 3. The Labute approximate surface area is 187 Å². The number of benzene rings is 1. The van der Waals surface area contributed by atoms with Gasteiger partial charge in [0.2, 0.25) is 16.8 Å². The van der Waals surface area contributed by atoms with Crippen molar-refractivity contribution in [1.82, 2.24) is 15.2 Å². The Bertz CT molecular complexity index is 1090. The van der Waals surface area contributed by atoms with Crippen LogP contribution < -0.4 is 14.9 Å². The Morgan fingerprint density at radius 3 is 2.69 bits per heavy atom. The smallest absolute Gasteiger partial charge is 0.357 e. The highest BCUT2D eigenvalue weighted by Crippen LogP contribution is 2.34. The first-order valence-electron chi connectivity index (χ1n) is 9.13. The second-order valence-electron chi connectivity index (χ2n) is 6.37. The number of nitrogens with one attached hydrogen (secondary N) is 3. The van der Waals surface area contributed by atoms with Crippen LogP contribution in [-0.4, -0.2) is 74.1 Å². The van der Waals surface area contributed by atoms with Crippen molar-refractivity contribution < 1.29 is 32.2 Å². The number of guanidine groups is 1. The minimum absolute atomic E-state index is 0.0490. The van der Waals surface area contributed by atoms with Gasteiger partial charge in [-0.15, -0.1) is 11.3 Å². The van der Waals surface area contributed by atoms with Crippen LogP contribution >= 0.6 is 11.3 Å². The fraction of sp³-hybridized carbons (Fsp3) is 0.294. The van der Waals surface area contributed by atoms with Crippen molar-refractivity contribution in [2.75, 3.05) is 42.5 Å². The fourth-order valence-electron chi connectivity index (χ4n) is 2.82. The van der Waals surface area contributed by atoms with E-state index < -0.39 is 34.3 Å². The van der Waals surface area contributed by atoms with Crippen molar-refractivity contribution in [2.45, 2.75) is 0 Å². The second kappa shape index (κ2) is 10.3. The van der Waals surface area contributed by atoms with Crippen LogP contribution in [-0.2, 0) is 20.4 Å². The topological polar surface area (TPSA) is 165 Å². The number of aromatic carboxylic acids is 1. The van der Waals surface area contributed by atoms with Gasteiger partial charge < -0.3 is 25.4 Å². The lowest BCUT2D eigenvalue weighted by atomic mass is 10.2. The number of carbonyl (C=O) groups is 2. The molecule has 172 valence electrons. The molecular formula is C17H19FN6O6S2. The van der Waals surface area contributed by atoms with E-state index in [-0.39, 0.29) is 28.9 Å². The molecule has 1 fully saturated rings. The van der Waals surface area contributed by atoms with Gasteiger partial charge in [-0.3, -0.25) is 10.2 Å². The minimum atomic E-state index is -3.35. The Morgan fingerprint density at radius 1 is 1.34 bits per heavy atom. The van der Waals surface area contributed by atoms with Crippen LogP contribution in [0, 0.1) is 11.2 Å². The summed E-state index contributed by atoms with van der Waals surface area (Å²) >= 11 is 0.769. The summed E-state index contributed by atoms with van der Waals surface area (Å²) < 4.78 is 43.9. The van der Waals surface area contributed by atoms with Gasteiger partial charge in [-0.1, -0.05) is 0 Å². The number of amides is 1. The first kappa shape index (κ1) is 23.4. The number of rotatable bonds is 7. The van der Waals surface area contributed by atoms with Crippen molar-refractivity contribution in [3.05, 3.63) is 35.2 Å². The van der Waals surface area contributed by atoms with Crippen molar-refractivity contribution in [1.29, 1.82) is 5.41 Å². The number of thiazole rings is 1. The Morgan fingerprint density at radius 2 is 2.06 bits per heavy atom. The molecule has 4 N–H and O–H groups in total. The van der Waals surface area contributed by atoms with Crippen LogP contribution in [0.1, 0.15) is 10.5 Å². The largest absolute Gasteiger partial charge is 0.476 e. The zero-order valence-electron chi connectivity index (χ0n) is 16.4. The van der Waals surface area contributed by atoms with E-state index in [4.69, 9.17) is 10.1 Å². The summed E-state index contributed by atoms with van der Waals surface area (Å²) in [5, 5.41) is 21.9. The zero-order valence-corrected chi connectivity index (χ0v) is 18.1. The molecule has 0 unspecified atom stereocenters. The first-order chi connectivity index (χ1) is 15.3. The van der Waals surface area contributed by atoms with E-state index in [1.54, 1.807) is 4.90 Å².